The Bertz CT molecular complexity index is 894. The Kier molecular flexibility index (Phi) is 5.89. The molecular weight excluding hydrogens is 342 g/mol. The lowest BCUT2D eigenvalue weighted by Crippen LogP contribution is -2.23. The molecule has 0 radical (unpaired) electrons. The molecule has 2 aromatic carbocycles. The molecule has 2 aromatic rings. The van der Waals surface area contributed by atoms with Crippen LogP contribution in [-0.4, -0.2) is 27.3 Å². The van der Waals surface area contributed by atoms with Crippen molar-refractivity contribution in [2.45, 2.75) is 18.4 Å². The molecule has 0 saturated heterocycles. The van der Waals surface area contributed by atoms with E-state index in [0.717, 1.165) is 0 Å². The third-order valence-electron chi connectivity index (χ3n) is 3.38. The summed E-state index contributed by atoms with van der Waals surface area (Å²) in [5.41, 5.74) is 1.58. The highest BCUT2D eigenvalue weighted by atomic mass is 32.2. The highest BCUT2D eigenvalue weighted by molar-refractivity contribution is 7.89. The van der Waals surface area contributed by atoms with Crippen molar-refractivity contribution in [2.24, 2.45) is 0 Å². The molecule has 0 heterocycles. The number of sulfonamides is 1. The van der Waals surface area contributed by atoms with Crippen molar-refractivity contribution in [2.75, 3.05) is 12.4 Å². The molecule has 2 amide bonds. The van der Waals surface area contributed by atoms with Crippen LogP contribution in [0, 0.1) is 0 Å². The average Bonchev–Trinajstić information content (AvgIpc) is 2.59. The van der Waals surface area contributed by atoms with Crippen LogP contribution in [0.3, 0.4) is 0 Å². The second-order valence-electron chi connectivity index (χ2n) is 5.30. The van der Waals surface area contributed by atoms with Crippen LogP contribution in [0.5, 0.6) is 0 Å². The van der Waals surface area contributed by atoms with Gasteiger partial charge in [-0.15, -0.1) is 0 Å². The van der Waals surface area contributed by atoms with Gasteiger partial charge in [0, 0.05) is 24.7 Å². The van der Waals surface area contributed by atoms with E-state index in [-0.39, 0.29) is 23.3 Å². The first-order chi connectivity index (χ1) is 11.8. The SMILES string of the molecule is CNS(=O)(=O)c1cccc(CNC(=O)c2cccc(NC(C)=O)c2)c1. The van der Waals surface area contributed by atoms with Gasteiger partial charge in [-0.1, -0.05) is 18.2 Å². The van der Waals surface area contributed by atoms with Crippen molar-refractivity contribution in [1.82, 2.24) is 10.0 Å². The molecule has 132 valence electrons. The number of nitrogens with one attached hydrogen (secondary N) is 3. The summed E-state index contributed by atoms with van der Waals surface area (Å²) in [7, 11) is -2.19. The Labute approximate surface area is 146 Å². The molecule has 0 aromatic heterocycles. The molecule has 0 bridgehead atoms. The first-order valence-corrected chi connectivity index (χ1v) is 8.98. The van der Waals surface area contributed by atoms with Crippen LogP contribution in [0.4, 0.5) is 5.69 Å². The third-order valence-corrected chi connectivity index (χ3v) is 4.79. The molecule has 2 rings (SSSR count). The van der Waals surface area contributed by atoms with Gasteiger partial charge in [-0.2, -0.15) is 0 Å². The molecule has 0 fully saturated rings. The first kappa shape index (κ1) is 18.6. The minimum Gasteiger partial charge on any atom is -0.348 e. The molecule has 3 N–H and O–H groups in total. The van der Waals surface area contributed by atoms with Crippen LogP contribution in [0.2, 0.25) is 0 Å². The summed E-state index contributed by atoms with van der Waals surface area (Å²) in [6.07, 6.45) is 0. The fourth-order valence-electron chi connectivity index (χ4n) is 2.17. The summed E-state index contributed by atoms with van der Waals surface area (Å²) in [4.78, 5) is 23.5. The molecule has 0 saturated carbocycles. The lowest BCUT2D eigenvalue weighted by molar-refractivity contribution is -0.114. The first-order valence-electron chi connectivity index (χ1n) is 7.50. The van der Waals surface area contributed by atoms with Crippen molar-refractivity contribution in [3.05, 3.63) is 59.7 Å². The molecule has 8 heteroatoms. The maximum atomic E-state index is 12.2. The molecule has 0 spiro atoms. The lowest BCUT2D eigenvalue weighted by atomic mass is 10.1. The number of amides is 2. The van der Waals surface area contributed by atoms with Crippen molar-refractivity contribution >= 4 is 27.5 Å². The van der Waals surface area contributed by atoms with Gasteiger partial charge in [0.25, 0.3) is 5.91 Å². The predicted octanol–water partition coefficient (Wildman–Crippen LogP) is 1.48. The highest BCUT2D eigenvalue weighted by Crippen LogP contribution is 2.13. The Hall–Kier alpha value is -2.71. The number of rotatable bonds is 6. The second kappa shape index (κ2) is 7.91. The van der Waals surface area contributed by atoms with E-state index >= 15 is 0 Å². The number of benzene rings is 2. The molecule has 0 atom stereocenters. The van der Waals surface area contributed by atoms with E-state index in [4.69, 9.17) is 0 Å². The normalized spacial score (nSPS) is 11.0. The van der Waals surface area contributed by atoms with Gasteiger partial charge in [-0.3, -0.25) is 9.59 Å². The molecule has 0 aliphatic carbocycles. The minimum atomic E-state index is -3.53. The topological polar surface area (TPSA) is 104 Å². The fraction of sp³-hybridized carbons (Fsp3) is 0.176. The Morgan fingerprint density at radius 3 is 2.44 bits per heavy atom. The van der Waals surface area contributed by atoms with Crippen molar-refractivity contribution in [3.8, 4) is 0 Å². The fourth-order valence-corrected chi connectivity index (χ4v) is 2.97. The molecule has 0 aliphatic heterocycles. The van der Waals surface area contributed by atoms with E-state index < -0.39 is 10.0 Å². The summed E-state index contributed by atoms with van der Waals surface area (Å²) in [6.45, 7) is 1.56. The van der Waals surface area contributed by atoms with Crippen LogP contribution >= 0.6 is 0 Å². The summed E-state index contributed by atoms with van der Waals surface area (Å²) in [5.74, 6) is -0.547. The number of anilines is 1. The van der Waals surface area contributed by atoms with Gasteiger partial charge < -0.3 is 10.6 Å². The van der Waals surface area contributed by atoms with Gasteiger partial charge >= 0.3 is 0 Å². The van der Waals surface area contributed by atoms with Gasteiger partial charge in [0.1, 0.15) is 0 Å². The molecule has 25 heavy (non-hydrogen) atoms. The zero-order valence-corrected chi connectivity index (χ0v) is 14.7. The van der Waals surface area contributed by atoms with Crippen molar-refractivity contribution in [1.29, 1.82) is 0 Å². The summed E-state index contributed by atoms with van der Waals surface area (Å²) in [6, 6.07) is 12.9. The van der Waals surface area contributed by atoms with Crippen LogP contribution in [0.15, 0.2) is 53.4 Å². The number of hydrogen-bond acceptors (Lipinski definition) is 4. The molecule has 7 nitrogen and oxygen atoms in total. The van der Waals surface area contributed by atoms with Crippen molar-refractivity contribution < 1.29 is 18.0 Å². The van der Waals surface area contributed by atoms with E-state index in [0.29, 0.717) is 16.8 Å². The van der Waals surface area contributed by atoms with Crippen LogP contribution in [0.25, 0.3) is 0 Å². The van der Waals surface area contributed by atoms with E-state index in [1.54, 1.807) is 36.4 Å². The zero-order chi connectivity index (χ0) is 18.4. The van der Waals surface area contributed by atoms with Gasteiger partial charge in [0.05, 0.1) is 4.90 Å². The van der Waals surface area contributed by atoms with E-state index in [1.165, 1.54) is 26.1 Å². The van der Waals surface area contributed by atoms with E-state index in [2.05, 4.69) is 15.4 Å². The second-order valence-corrected chi connectivity index (χ2v) is 7.19. The smallest absolute Gasteiger partial charge is 0.251 e. The summed E-state index contributed by atoms with van der Waals surface area (Å²) in [5, 5.41) is 5.34. The Morgan fingerprint density at radius 2 is 1.76 bits per heavy atom. The summed E-state index contributed by atoms with van der Waals surface area (Å²) >= 11 is 0. The summed E-state index contributed by atoms with van der Waals surface area (Å²) < 4.78 is 25.9. The largest absolute Gasteiger partial charge is 0.348 e. The van der Waals surface area contributed by atoms with Gasteiger partial charge in [0.15, 0.2) is 0 Å². The lowest BCUT2D eigenvalue weighted by Gasteiger charge is -2.09. The van der Waals surface area contributed by atoms with Crippen LogP contribution in [0.1, 0.15) is 22.8 Å². The van der Waals surface area contributed by atoms with Crippen LogP contribution in [-0.2, 0) is 21.4 Å². The van der Waals surface area contributed by atoms with Gasteiger partial charge in [0.2, 0.25) is 15.9 Å². The zero-order valence-electron chi connectivity index (χ0n) is 13.9. The quantitative estimate of drug-likeness (QED) is 0.725. The third kappa shape index (κ3) is 5.13. The standard InChI is InChI=1S/C17H19N3O4S/c1-12(21)20-15-7-4-6-14(10-15)17(22)19-11-13-5-3-8-16(9-13)25(23,24)18-2/h3-10,18H,11H2,1-2H3,(H,19,22)(H,20,21). The van der Waals surface area contributed by atoms with Gasteiger partial charge in [-0.25, -0.2) is 13.1 Å². The minimum absolute atomic E-state index is 0.134. The van der Waals surface area contributed by atoms with Gasteiger partial charge in [-0.05, 0) is 42.9 Å². The Morgan fingerprint density at radius 1 is 1.04 bits per heavy atom. The maximum Gasteiger partial charge on any atom is 0.251 e. The van der Waals surface area contributed by atoms with Crippen molar-refractivity contribution in [3.63, 3.8) is 0 Å². The number of carbonyl (C=O) groups is 2. The molecule has 0 unspecified atom stereocenters. The number of carbonyl (C=O) groups excluding carboxylic acids is 2. The number of hydrogen-bond donors (Lipinski definition) is 3. The monoisotopic (exact) mass is 361 g/mol. The Balaban J connectivity index is 2.08. The van der Waals surface area contributed by atoms with Crippen LogP contribution < -0.4 is 15.4 Å². The molecular formula is C17H19N3O4S. The average molecular weight is 361 g/mol. The molecule has 0 aliphatic rings. The predicted molar refractivity (Wildman–Crippen MR) is 94.6 cm³/mol. The van der Waals surface area contributed by atoms with E-state index in [9.17, 15) is 18.0 Å². The highest BCUT2D eigenvalue weighted by Gasteiger charge is 2.12. The van der Waals surface area contributed by atoms with E-state index in [1.807, 2.05) is 0 Å². The maximum absolute atomic E-state index is 12.2.